The van der Waals surface area contributed by atoms with E-state index < -0.39 is 0 Å². The number of ether oxygens (including phenoxy) is 1. The first-order valence-corrected chi connectivity index (χ1v) is 9.46. The van der Waals surface area contributed by atoms with Gasteiger partial charge >= 0.3 is 0 Å². The van der Waals surface area contributed by atoms with Gasteiger partial charge in [0, 0.05) is 15.4 Å². The van der Waals surface area contributed by atoms with Gasteiger partial charge in [-0.25, -0.2) is 4.98 Å². The molecule has 3 aromatic rings. The largest absolute Gasteiger partial charge is 0.488 e. The van der Waals surface area contributed by atoms with E-state index in [-0.39, 0.29) is 0 Å². The minimum Gasteiger partial charge on any atom is -0.488 e. The topological polar surface area (TPSA) is 46.5 Å². The maximum Gasteiger partial charge on any atom is 0.203 e. The van der Waals surface area contributed by atoms with E-state index in [1.54, 1.807) is 6.21 Å². The summed E-state index contributed by atoms with van der Waals surface area (Å²) in [5.74, 6) is 0.782. The van der Waals surface area contributed by atoms with Gasteiger partial charge in [0.05, 0.1) is 11.9 Å². The highest BCUT2D eigenvalue weighted by atomic mass is 79.9. The van der Waals surface area contributed by atoms with Crippen molar-refractivity contribution in [2.24, 2.45) is 5.10 Å². The van der Waals surface area contributed by atoms with Crippen LogP contribution in [0.1, 0.15) is 22.4 Å². The lowest BCUT2D eigenvalue weighted by atomic mass is 10.1. The maximum atomic E-state index is 5.97. The molecule has 0 aliphatic carbocycles. The van der Waals surface area contributed by atoms with Gasteiger partial charge in [-0.3, -0.25) is 5.43 Å². The monoisotopic (exact) mass is 415 g/mol. The standard InChI is InChI=1S/C19H18BrN3OS/c1-13-3-5-15(6-4-13)11-24-18-8-7-17(20)9-16(18)10-21-23-19-22-14(2)12-25-19/h3-10,12H,11H2,1-2H3,(H,22,23). The zero-order valence-corrected chi connectivity index (χ0v) is 16.4. The van der Waals surface area contributed by atoms with E-state index in [0.29, 0.717) is 6.61 Å². The van der Waals surface area contributed by atoms with Crippen LogP contribution < -0.4 is 10.2 Å². The van der Waals surface area contributed by atoms with Crippen molar-refractivity contribution in [2.75, 3.05) is 5.43 Å². The average molecular weight is 416 g/mol. The minimum atomic E-state index is 0.516. The van der Waals surface area contributed by atoms with Gasteiger partial charge in [0.2, 0.25) is 5.13 Å². The third kappa shape index (κ3) is 5.14. The van der Waals surface area contributed by atoms with E-state index in [0.717, 1.165) is 32.2 Å². The number of aryl methyl sites for hydroxylation is 2. The van der Waals surface area contributed by atoms with Crippen molar-refractivity contribution in [3.05, 3.63) is 74.7 Å². The predicted octanol–water partition coefficient (Wildman–Crippen LogP) is 5.55. The van der Waals surface area contributed by atoms with Gasteiger partial charge in [0.25, 0.3) is 0 Å². The van der Waals surface area contributed by atoms with E-state index in [2.05, 4.69) is 62.6 Å². The molecule has 1 aromatic heterocycles. The van der Waals surface area contributed by atoms with Crippen molar-refractivity contribution in [1.82, 2.24) is 4.98 Å². The van der Waals surface area contributed by atoms with Gasteiger partial charge < -0.3 is 4.74 Å². The summed E-state index contributed by atoms with van der Waals surface area (Å²) in [6, 6.07) is 14.2. The number of anilines is 1. The highest BCUT2D eigenvalue weighted by Gasteiger charge is 2.04. The van der Waals surface area contributed by atoms with Crippen molar-refractivity contribution in [1.29, 1.82) is 0 Å². The number of thiazole rings is 1. The second-order valence-corrected chi connectivity index (χ2v) is 7.39. The smallest absolute Gasteiger partial charge is 0.203 e. The van der Waals surface area contributed by atoms with E-state index in [1.165, 1.54) is 16.9 Å². The Balaban J connectivity index is 1.70. The molecule has 0 radical (unpaired) electrons. The first kappa shape index (κ1) is 17.6. The van der Waals surface area contributed by atoms with Gasteiger partial charge in [-0.1, -0.05) is 45.8 Å². The Morgan fingerprint density at radius 2 is 2.00 bits per heavy atom. The summed E-state index contributed by atoms with van der Waals surface area (Å²) in [4.78, 5) is 4.32. The molecule has 3 rings (SSSR count). The number of benzene rings is 2. The van der Waals surface area contributed by atoms with E-state index >= 15 is 0 Å². The Morgan fingerprint density at radius 1 is 1.20 bits per heavy atom. The zero-order valence-electron chi connectivity index (χ0n) is 14.0. The van der Waals surface area contributed by atoms with Crippen LogP contribution in [0.2, 0.25) is 0 Å². The lowest BCUT2D eigenvalue weighted by Crippen LogP contribution is -1.99. The maximum absolute atomic E-state index is 5.97. The average Bonchev–Trinajstić information content (AvgIpc) is 3.01. The molecule has 1 heterocycles. The number of hydrogen-bond acceptors (Lipinski definition) is 5. The predicted molar refractivity (Wildman–Crippen MR) is 108 cm³/mol. The first-order chi connectivity index (χ1) is 12.1. The van der Waals surface area contributed by atoms with Crippen molar-refractivity contribution in [3.63, 3.8) is 0 Å². The molecule has 0 aliphatic heterocycles. The molecule has 25 heavy (non-hydrogen) atoms. The van der Waals surface area contributed by atoms with E-state index in [9.17, 15) is 0 Å². The van der Waals surface area contributed by atoms with Crippen molar-refractivity contribution >= 4 is 38.6 Å². The molecule has 0 aliphatic rings. The van der Waals surface area contributed by atoms with E-state index in [4.69, 9.17) is 4.74 Å². The lowest BCUT2D eigenvalue weighted by Gasteiger charge is -2.10. The molecule has 0 saturated carbocycles. The number of nitrogens with zero attached hydrogens (tertiary/aromatic N) is 2. The van der Waals surface area contributed by atoms with Crippen LogP contribution in [0.5, 0.6) is 5.75 Å². The molecule has 128 valence electrons. The fourth-order valence-corrected chi connectivity index (χ4v) is 3.18. The molecular weight excluding hydrogens is 398 g/mol. The van der Waals surface area contributed by atoms with Crippen molar-refractivity contribution in [3.8, 4) is 5.75 Å². The van der Waals surface area contributed by atoms with Crippen LogP contribution >= 0.6 is 27.3 Å². The quantitative estimate of drug-likeness (QED) is 0.424. The highest BCUT2D eigenvalue weighted by Crippen LogP contribution is 2.23. The summed E-state index contributed by atoms with van der Waals surface area (Å²) in [5.41, 5.74) is 7.19. The molecular formula is C19H18BrN3OS. The summed E-state index contributed by atoms with van der Waals surface area (Å²) < 4.78 is 6.95. The third-order valence-electron chi connectivity index (χ3n) is 3.47. The number of aromatic nitrogens is 1. The molecule has 0 saturated heterocycles. The minimum absolute atomic E-state index is 0.516. The summed E-state index contributed by atoms with van der Waals surface area (Å²) >= 11 is 5.02. The van der Waals surface area contributed by atoms with Crippen molar-refractivity contribution < 1.29 is 4.74 Å². The summed E-state index contributed by atoms with van der Waals surface area (Å²) in [6.07, 6.45) is 1.74. The number of halogens is 1. The first-order valence-electron chi connectivity index (χ1n) is 7.79. The number of hydrogen-bond donors (Lipinski definition) is 1. The molecule has 0 spiro atoms. The van der Waals surface area contributed by atoms with Gasteiger partial charge in [0.15, 0.2) is 0 Å². The van der Waals surface area contributed by atoms with E-state index in [1.807, 2.05) is 30.5 Å². The molecule has 0 fully saturated rings. The van der Waals surface area contributed by atoms with Crippen LogP contribution in [0.3, 0.4) is 0 Å². The van der Waals surface area contributed by atoms with Gasteiger partial charge in [0.1, 0.15) is 12.4 Å². The van der Waals surface area contributed by atoms with Gasteiger partial charge in [-0.2, -0.15) is 5.10 Å². The Morgan fingerprint density at radius 3 is 2.72 bits per heavy atom. The summed E-state index contributed by atoms with van der Waals surface area (Å²) in [6.45, 7) is 4.55. The van der Waals surface area contributed by atoms with Gasteiger partial charge in [-0.15, -0.1) is 11.3 Å². The fourth-order valence-electron chi connectivity index (χ4n) is 2.16. The highest BCUT2D eigenvalue weighted by molar-refractivity contribution is 9.10. The van der Waals surface area contributed by atoms with Crippen LogP contribution in [0, 0.1) is 13.8 Å². The molecule has 0 atom stereocenters. The normalized spacial score (nSPS) is 11.0. The summed E-state index contributed by atoms with van der Waals surface area (Å²) in [5, 5.41) is 7.01. The second-order valence-electron chi connectivity index (χ2n) is 5.62. The SMILES string of the molecule is Cc1ccc(COc2ccc(Br)cc2C=NNc2nc(C)cs2)cc1. The van der Waals surface area contributed by atoms with Crippen LogP contribution in [0.25, 0.3) is 0 Å². The molecule has 2 aromatic carbocycles. The van der Waals surface area contributed by atoms with Crippen LogP contribution in [-0.2, 0) is 6.61 Å². The lowest BCUT2D eigenvalue weighted by molar-refractivity contribution is 0.305. The van der Waals surface area contributed by atoms with Crippen LogP contribution in [-0.4, -0.2) is 11.2 Å². The Kier molecular flexibility index (Phi) is 5.83. The number of nitrogens with one attached hydrogen (secondary N) is 1. The van der Waals surface area contributed by atoms with Crippen molar-refractivity contribution in [2.45, 2.75) is 20.5 Å². The molecule has 0 amide bonds. The number of hydrazone groups is 1. The molecule has 1 N–H and O–H groups in total. The van der Waals surface area contributed by atoms with Gasteiger partial charge in [-0.05, 0) is 37.6 Å². The van der Waals surface area contributed by atoms with Crippen LogP contribution in [0.15, 0.2) is 57.4 Å². The summed E-state index contributed by atoms with van der Waals surface area (Å²) in [7, 11) is 0. The second kappa shape index (κ2) is 8.27. The Hall–Kier alpha value is -2.18. The van der Waals surface area contributed by atoms with Crippen LogP contribution in [0.4, 0.5) is 5.13 Å². The fraction of sp³-hybridized carbons (Fsp3) is 0.158. The molecule has 0 bridgehead atoms. The number of rotatable bonds is 6. The Bertz CT molecular complexity index is 875. The zero-order chi connectivity index (χ0) is 17.6. The third-order valence-corrected chi connectivity index (χ3v) is 4.83. The Labute approximate surface area is 159 Å². The molecule has 6 heteroatoms. The molecule has 0 unspecified atom stereocenters. The molecule has 4 nitrogen and oxygen atoms in total.